The van der Waals surface area contributed by atoms with Gasteiger partial charge in [0.25, 0.3) is 0 Å². The van der Waals surface area contributed by atoms with Crippen LogP contribution in [0.1, 0.15) is 37.6 Å². The van der Waals surface area contributed by atoms with Gasteiger partial charge in [-0.15, -0.1) is 11.6 Å². The molecular weight excluding hydrogens is 282 g/mol. The Balaban J connectivity index is 1.88. The maximum Gasteiger partial charge on any atom is 0.124 e. The number of imidazole rings is 1. The summed E-state index contributed by atoms with van der Waals surface area (Å²) in [4.78, 5) is 7.30. The Labute approximate surface area is 131 Å². The van der Waals surface area contributed by atoms with Gasteiger partial charge in [-0.2, -0.15) is 0 Å². The second kappa shape index (κ2) is 6.37. The number of rotatable bonds is 4. The van der Waals surface area contributed by atoms with E-state index < -0.39 is 0 Å². The number of aromatic nitrogens is 2. The normalized spacial score (nSPS) is 18.2. The second-order valence-corrected chi connectivity index (χ2v) is 6.48. The highest BCUT2D eigenvalue weighted by molar-refractivity contribution is 6.16. The van der Waals surface area contributed by atoms with E-state index in [9.17, 15) is 0 Å². The summed E-state index contributed by atoms with van der Waals surface area (Å²) < 4.78 is 2.31. The van der Waals surface area contributed by atoms with E-state index in [-0.39, 0.29) is 0 Å². The molecule has 0 amide bonds. The first-order valence-corrected chi connectivity index (χ1v) is 8.48. The number of aryl methyl sites for hydroxylation is 1. The predicted octanol–water partition coefficient (Wildman–Crippen LogP) is 3.96. The standard InChI is InChI=1S/C17H24ClN3/c1-13-6-7-16-15(10-13)19-17(11-18)21(16)12-14(2)20-8-4-3-5-9-20/h6-7,10,14H,3-5,8-9,11-12H2,1-2H3. The summed E-state index contributed by atoms with van der Waals surface area (Å²) in [5.41, 5.74) is 3.52. The van der Waals surface area contributed by atoms with E-state index in [1.807, 2.05) is 0 Å². The van der Waals surface area contributed by atoms with E-state index in [0.29, 0.717) is 11.9 Å². The predicted molar refractivity (Wildman–Crippen MR) is 88.9 cm³/mol. The van der Waals surface area contributed by atoms with Gasteiger partial charge in [0.15, 0.2) is 0 Å². The van der Waals surface area contributed by atoms with Gasteiger partial charge in [0.1, 0.15) is 5.82 Å². The molecule has 0 bridgehead atoms. The van der Waals surface area contributed by atoms with Crippen molar-refractivity contribution in [3.63, 3.8) is 0 Å². The molecule has 1 aliphatic rings. The number of hydrogen-bond acceptors (Lipinski definition) is 2. The van der Waals surface area contributed by atoms with E-state index in [4.69, 9.17) is 16.6 Å². The van der Waals surface area contributed by atoms with Crippen LogP contribution in [0.3, 0.4) is 0 Å². The Bertz CT molecular complexity index is 614. The zero-order valence-corrected chi connectivity index (χ0v) is 13.7. The van der Waals surface area contributed by atoms with Crippen molar-refractivity contribution in [1.82, 2.24) is 14.5 Å². The molecule has 1 aromatic heterocycles. The lowest BCUT2D eigenvalue weighted by atomic mass is 10.1. The zero-order valence-electron chi connectivity index (χ0n) is 13.0. The zero-order chi connectivity index (χ0) is 14.8. The minimum atomic E-state index is 0.473. The number of alkyl halides is 1. The molecule has 1 fully saturated rings. The van der Waals surface area contributed by atoms with Crippen LogP contribution in [0.5, 0.6) is 0 Å². The van der Waals surface area contributed by atoms with Crippen molar-refractivity contribution in [2.45, 2.75) is 51.6 Å². The summed E-state index contributed by atoms with van der Waals surface area (Å²) in [5.74, 6) is 1.46. The van der Waals surface area contributed by atoms with Crippen molar-refractivity contribution >= 4 is 22.6 Å². The van der Waals surface area contributed by atoms with Crippen molar-refractivity contribution in [2.75, 3.05) is 13.1 Å². The average molecular weight is 306 g/mol. The Morgan fingerprint density at radius 2 is 2.00 bits per heavy atom. The lowest BCUT2D eigenvalue weighted by Crippen LogP contribution is -2.40. The van der Waals surface area contributed by atoms with Crippen LogP contribution in [0.25, 0.3) is 11.0 Å². The molecule has 2 heterocycles. The molecule has 0 spiro atoms. The smallest absolute Gasteiger partial charge is 0.124 e. The van der Waals surface area contributed by atoms with Gasteiger partial charge in [-0.05, 0) is 57.5 Å². The molecular formula is C17H24ClN3. The molecule has 1 atom stereocenters. The van der Waals surface area contributed by atoms with Crippen molar-refractivity contribution in [2.24, 2.45) is 0 Å². The molecule has 2 aromatic rings. The summed E-state index contributed by atoms with van der Waals surface area (Å²) >= 11 is 6.12. The van der Waals surface area contributed by atoms with Gasteiger partial charge in [0, 0.05) is 12.6 Å². The number of benzene rings is 1. The van der Waals surface area contributed by atoms with Crippen molar-refractivity contribution in [3.8, 4) is 0 Å². The molecule has 0 saturated carbocycles. The van der Waals surface area contributed by atoms with Crippen molar-refractivity contribution in [3.05, 3.63) is 29.6 Å². The molecule has 3 nitrogen and oxygen atoms in total. The topological polar surface area (TPSA) is 21.1 Å². The number of likely N-dealkylation sites (tertiary alicyclic amines) is 1. The summed E-state index contributed by atoms with van der Waals surface area (Å²) in [5, 5.41) is 0. The molecule has 3 rings (SSSR count). The minimum absolute atomic E-state index is 0.473. The fourth-order valence-electron chi connectivity index (χ4n) is 3.33. The van der Waals surface area contributed by atoms with Crippen molar-refractivity contribution < 1.29 is 0 Å². The van der Waals surface area contributed by atoms with E-state index in [1.54, 1.807) is 0 Å². The number of halogens is 1. The van der Waals surface area contributed by atoms with Gasteiger partial charge in [-0.25, -0.2) is 4.98 Å². The van der Waals surface area contributed by atoms with Crippen LogP contribution in [0.2, 0.25) is 0 Å². The first-order chi connectivity index (χ1) is 10.2. The molecule has 0 aliphatic carbocycles. The molecule has 1 aliphatic heterocycles. The van der Waals surface area contributed by atoms with Crippen LogP contribution in [0.15, 0.2) is 18.2 Å². The largest absolute Gasteiger partial charge is 0.325 e. The molecule has 4 heteroatoms. The number of piperidine rings is 1. The Hall–Kier alpha value is -1.06. The Kier molecular flexibility index (Phi) is 4.51. The molecule has 1 saturated heterocycles. The fraction of sp³-hybridized carbons (Fsp3) is 0.588. The van der Waals surface area contributed by atoms with Crippen LogP contribution in [0.4, 0.5) is 0 Å². The third-order valence-corrected chi connectivity index (χ3v) is 4.80. The van der Waals surface area contributed by atoms with Gasteiger partial charge in [-0.1, -0.05) is 12.5 Å². The lowest BCUT2D eigenvalue weighted by Gasteiger charge is -2.32. The SMILES string of the molecule is Cc1ccc2c(c1)nc(CCl)n2CC(C)N1CCCCC1. The highest BCUT2D eigenvalue weighted by Crippen LogP contribution is 2.21. The monoisotopic (exact) mass is 305 g/mol. The summed E-state index contributed by atoms with van der Waals surface area (Å²) in [6.07, 6.45) is 4.04. The van der Waals surface area contributed by atoms with E-state index in [2.05, 4.69) is 41.5 Å². The summed E-state index contributed by atoms with van der Waals surface area (Å²) in [6, 6.07) is 7.01. The van der Waals surface area contributed by atoms with E-state index >= 15 is 0 Å². The van der Waals surface area contributed by atoms with Gasteiger partial charge >= 0.3 is 0 Å². The molecule has 0 radical (unpaired) electrons. The molecule has 1 aromatic carbocycles. The lowest BCUT2D eigenvalue weighted by molar-refractivity contribution is 0.160. The molecule has 1 unspecified atom stereocenters. The maximum absolute atomic E-state index is 6.12. The van der Waals surface area contributed by atoms with Crippen LogP contribution >= 0.6 is 11.6 Å². The molecule has 21 heavy (non-hydrogen) atoms. The first kappa shape index (κ1) is 14.9. The summed E-state index contributed by atoms with van der Waals surface area (Å²) in [6.45, 7) is 7.85. The van der Waals surface area contributed by atoms with Crippen LogP contribution in [-0.4, -0.2) is 33.6 Å². The van der Waals surface area contributed by atoms with Crippen molar-refractivity contribution in [1.29, 1.82) is 0 Å². The first-order valence-electron chi connectivity index (χ1n) is 7.95. The van der Waals surface area contributed by atoms with Gasteiger partial charge < -0.3 is 4.57 Å². The number of fused-ring (bicyclic) bond motifs is 1. The molecule has 114 valence electrons. The van der Waals surface area contributed by atoms with E-state index in [0.717, 1.165) is 17.9 Å². The van der Waals surface area contributed by atoms with E-state index in [1.165, 1.54) is 43.4 Å². The highest BCUT2D eigenvalue weighted by Gasteiger charge is 2.19. The molecule has 0 N–H and O–H groups in total. The maximum atomic E-state index is 6.12. The second-order valence-electron chi connectivity index (χ2n) is 6.21. The van der Waals surface area contributed by atoms with Crippen LogP contribution in [-0.2, 0) is 12.4 Å². The average Bonchev–Trinajstić information content (AvgIpc) is 2.85. The Morgan fingerprint density at radius 1 is 1.24 bits per heavy atom. The van der Waals surface area contributed by atoms with Crippen LogP contribution in [0, 0.1) is 6.92 Å². The van der Waals surface area contributed by atoms with Crippen LogP contribution < -0.4 is 0 Å². The number of nitrogens with zero attached hydrogens (tertiary/aromatic N) is 3. The van der Waals surface area contributed by atoms with Gasteiger partial charge in [0.05, 0.1) is 16.9 Å². The Morgan fingerprint density at radius 3 is 2.71 bits per heavy atom. The van der Waals surface area contributed by atoms with Gasteiger partial charge in [0.2, 0.25) is 0 Å². The third kappa shape index (κ3) is 3.09. The van der Waals surface area contributed by atoms with Gasteiger partial charge in [-0.3, -0.25) is 4.90 Å². The number of hydrogen-bond donors (Lipinski definition) is 0. The quantitative estimate of drug-likeness (QED) is 0.797. The fourth-order valence-corrected chi connectivity index (χ4v) is 3.54. The highest BCUT2D eigenvalue weighted by atomic mass is 35.5. The summed E-state index contributed by atoms with van der Waals surface area (Å²) in [7, 11) is 0. The minimum Gasteiger partial charge on any atom is -0.325 e. The third-order valence-electron chi connectivity index (χ3n) is 4.56.